The highest BCUT2D eigenvalue weighted by Crippen LogP contribution is 2.29. The molecule has 0 heterocycles. The molecular formula is C10H22O2. The van der Waals surface area contributed by atoms with Crippen molar-refractivity contribution in [2.45, 2.75) is 53.2 Å². The zero-order valence-electron chi connectivity index (χ0n) is 9.14. The van der Waals surface area contributed by atoms with E-state index in [9.17, 15) is 5.11 Å². The highest BCUT2D eigenvalue weighted by molar-refractivity contribution is 4.87. The molecule has 0 saturated carbocycles. The molecule has 2 nitrogen and oxygen atoms in total. The Bertz CT molecular complexity index is 133. The summed E-state index contributed by atoms with van der Waals surface area (Å²) >= 11 is 0. The van der Waals surface area contributed by atoms with E-state index in [1.165, 1.54) is 0 Å². The predicted octanol–water partition coefficient (Wildman–Crippen LogP) is 2.21. The molecule has 0 amide bonds. The van der Waals surface area contributed by atoms with Gasteiger partial charge >= 0.3 is 0 Å². The molecule has 0 aromatic rings. The van der Waals surface area contributed by atoms with Gasteiger partial charge in [0.2, 0.25) is 0 Å². The SMILES string of the molecule is CCOC(C)(C)C(O)C(C)(C)C. The van der Waals surface area contributed by atoms with E-state index >= 15 is 0 Å². The predicted molar refractivity (Wildman–Crippen MR) is 51.2 cm³/mol. The summed E-state index contributed by atoms with van der Waals surface area (Å²) in [6.45, 7) is 12.5. The van der Waals surface area contributed by atoms with Crippen molar-refractivity contribution >= 4 is 0 Å². The Hall–Kier alpha value is -0.0800. The van der Waals surface area contributed by atoms with Gasteiger partial charge < -0.3 is 9.84 Å². The molecule has 0 aromatic carbocycles. The molecule has 0 aromatic heterocycles. The Morgan fingerprint density at radius 2 is 1.58 bits per heavy atom. The van der Waals surface area contributed by atoms with Gasteiger partial charge in [-0.15, -0.1) is 0 Å². The van der Waals surface area contributed by atoms with E-state index in [0.29, 0.717) is 6.61 Å². The summed E-state index contributed by atoms with van der Waals surface area (Å²) < 4.78 is 5.47. The van der Waals surface area contributed by atoms with Gasteiger partial charge in [-0.1, -0.05) is 20.8 Å². The van der Waals surface area contributed by atoms with Gasteiger partial charge in [-0.05, 0) is 26.2 Å². The standard InChI is InChI=1S/C10H22O2/c1-7-12-10(5,6)8(11)9(2,3)4/h8,11H,7H2,1-6H3. The molecule has 0 fully saturated rings. The van der Waals surface area contributed by atoms with Crippen molar-refractivity contribution in [1.82, 2.24) is 0 Å². The Balaban J connectivity index is 4.34. The molecule has 12 heavy (non-hydrogen) atoms. The normalized spacial score (nSPS) is 16.2. The molecule has 0 aliphatic rings. The summed E-state index contributed by atoms with van der Waals surface area (Å²) in [6.07, 6.45) is -0.440. The molecule has 0 radical (unpaired) electrons. The molecule has 1 unspecified atom stereocenters. The van der Waals surface area contributed by atoms with Crippen molar-refractivity contribution in [3.8, 4) is 0 Å². The van der Waals surface area contributed by atoms with Gasteiger partial charge in [0, 0.05) is 6.61 Å². The maximum Gasteiger partial charge on any atom is 0.0889 e. The Morgan fingerprint density at radius 1 is 1.17 bits per heavy atom. The van der Waals surface area contributed by atoms with Crippen molar-refractivity contribution in [2.24, 2.45) is 5.41 Å². The summed E-state index contributed by atoms with van der Waals surface area (Å²) in [5.41, 5.74) is -0.578. The van der Waals surface area contributed by atoms with E-state index in [-0.39, 0.29) is 5.41 Å². The summed E-state index contributed by atoms with van der Waals surface area (Å²) in [7, 11) is 0. The minimum Gasteiger partial charge on any atom is -0.390 e. The number of aliphatic hydroxyl groups excluding tert-OH is 1. The Kier molecular flexibility index (Phi) is 3.73. The van der Waals surface area contributed by atoms with E-state index in [2.05, 4.69) is 0 Å². The third-order valence-corrected chi connectivity index (χ3v) is 2.00. The highest BCUT2D eigenvalue weighted by atomic mass is 16.5. The van der Waals surface area contributed by atoms with Crippen LogP contribution in [0.3, 0.4) is 0 Å². The summed E-state index contributed by atoms with van der Waals surface area (Å²) in [4.78, 5) is 0. The third-order valence-electron chi connectivity index (χ3n) is 2.00. The quantitative estimate of drug-likeness (QED) is 0.711. The molecule has 0 rings (SSSR count). The van der Waals surface area contributed by atoms with E-state index < -0.39 is 11.7 Å². The van der Waals surface area contributed by atoms with Crippen LogP contribution in [0, 0.1) is 5.41 Å². The third kappa shape index (κ3) is 3.11. The van der Waals surface area contributed by atoms with Crippen LogP contribution in [0.2, 0.25) is 0 Å². The van der Waals surface area contributed by atoms with Gasteiger partial charge in [-0.25, -0.2) is 0 Å². The number of aliphatic hydroxyl groups is 1. The molecule has 0 aliphatic heterocycles. The fourth-order valence-electron chi connectivity index (χ4n) is 1.49. The minimum absolute atomic E-state index is 0.126. The lowest BCUT2D eigenvalue weighted by Crippen LogP contribution is -2.46. The van der Waals surface area contributed by atoms with E-state index in [0.717, 1.165) is 0 Å². The average molecular weight is 174 g/mol. The smallest absolute Gasteiger partial charge is 0.0889 e. The van der Waals surface area contributed by atoms with Crippen LogP contribution in [0.4, 0.5) is 0 Å². The maximum absolute atomic E-state index is 9.92. The molecule has 0 aliphatic carbocycles. The van der Waals surface area contributed by atoms with Gasteiger partial charge in [-0.3, -0.25) is 0 Å². The van der Waals surface area contributed by atoms with Crippen LogP contribution in [-0.4, -0.2) is 23.4 Å². The van der Waals surface area contributed by atoms with Crippen molar-refractivity contribution in [3.63, 3.8) is 0 Å². The second kappa shape index (κ2) is 3.75. The van der Waals surface area contributed by atoms with Gasteiger partial charge in [0.15, 0.2) is 0 Å². The Morgan fingerprint density at radius 3 is 1.83 bits per heavy atom. The lowest BCUT2D eigenvalue weighted by molar-refractivity contribution is -0.134. The monoisotopic (exact) mass is 174 g/mol. The number of ether oxygens (including phenoxy) is 1. The fraction of sp³-hybridized carbons (Fsp3) is 1.00. The zero-order chi connectivity index (χ0) is 9.99. The van der Waals surface area contributed by atoms with Crippen LogP contribution in [0.5, 0.6) is 0 Å². The van der Waals surface area contributed by atoms with Crippen LogP contribution >= 0.6 is 0 Å². The van der Waals surface area contributed by atoms with Crippen LogP contribution in [-0.2, 0) is 4.74 Å². The van der Waals surface area contributed by atoms with Crippen LogP contribution in [0.15, 0.2) is 0 Å². The lowest BCUT2D eigenvalue weighted by Gasteiger charge is -2.38. The lowest BCUT2D eigenvalue weighted by atomic mass is 9.80. The molecule has 1 N–H and O–H groups in total. The van der Waals surface area contributed by atoms with E-state index in [1.54, 1.807) is 0 Å². The van der Waals surface area contributed by atoms with Gasteiger partial charge in [-0.2, -0.15) is 0 Å². The van der Waals surface area contributed by atoms with Gasteiger partial charge in [0.1, 0.15) is 0 Å². The van der Waals surface area contributed by atoms with E-state index in [4.69, 9.17) is 4.74 Å². The first kappa shape index (κ1) is 11.9. The van der Waals surface area contributed by atoms with Crippen molar-refractivity contribution in [3.05, 3.63) is 0 Å². The molecule has 74 valence electrons. The second-order valence-electron chi connectivity index (χ2n) is 4.81. The molecule has 1 atom stereocenters. The van der Waals surface area contributed by atoms with Crippen LogP contribution < -0.4 is 0 Å². The second-order valence-corrected chi connectivity index (χ2v) is 4.81. The van der Waals surface area contributed by atoms with Crippen LogP contribution in [0.25, 0.3) is 0 Å². The first-order chi connectivity index (χ1) is 5.22. The Labute approximate surface area is 75.9 Å². The van der Waals surface area contributed by atoms with Crippen molar-refractivity contribution in [1.29, 1.82) is 0 Å². The topological polar surface area (TPSA) is 29.5 Å². The molecule has 0 bridgehead atoms. The zero-order valence-corrected chi connectivity index (χ0v) is 9.14. The minimum atomic E-state index is -0.451. The average Bonchev–Trinajstić information content (AvgIpc) is 1.84. The first-order valence-corrected chi connectivity index (χ1v) is 4.54. The van der Waals surface area contributed by atoms with Crippen LogP contribution in [0.1, 0.15) is 41.5 Å². The van der Waals surface area contributed by atoms with Gasteiger partial charge in [0.05, 0.1) is 11.7 Å². The summed E-state index contributed by atoms with van der Waals surface area (Å²) in [5.74, 6) is 0. The van der Waals surface area contributed by atoms with E-state index in [1.807, 2.05) is 41.5 Å². The molecule has 2 heteroatoms. The summed E-state index contributed by atoms with van der Waals surface area (Å²) in [5, 5.41) is 9.92. The maximum atomic E-state index is 9.92. The highest BCUT2D eigenvalue weighted by Gasteiger charge is 2.36. The number of hydrogen-bond donors (Lipinski definition) is 1. The number of rotatable bonds is 3. The van der Waals surface area contributed by atoms with Crippen molar-refractivity contribution < 1.29 is 9.84 Å². The van der Waals surface area contributed by atoms with Crippen molar-refractivity contribution in [2.75, 3.05) is 6.61 Å². The van der Waals surface area contributed by atoms with Gasteiger partial charge in [0.25, 0.3) is 0 Å². The summed E-state index contributed by atoms with van der Waals surface area (Å²) in [6, 6.07) is 0. The molecule has 0 saturated heterocycles. The number of hydrogen-bond acceptors (Lipinski definition) is 2. The molecule has 0 spiro atoms. The molecular weight excluding hydrogens is 152 g/mol. The first-order valence-electron chi connectivity index (χ1n) is 4.54. The fourth-order valence-corrected chi connectivity index (χ4v) is 1.49. The largest absolute Gasteiger partial charge is 0.390 e.